The number of esters is 1. The fourth-order valence-corrected chi connectivity index (χ4v) is 9.44. The topological polar surface area (TPSA) is 150 Å². The molecule has 6 heterocycles. The van der Waals surface area contributed by atoms with Crippen molar-refractivity contribution in [2.24, 2.45) is 22.7 Å². The number of imidazole rings is 1. The number of fused-ring (bicyclic) bond motifs is 5. The second kappa shape index (κ2) is 17.2. The lowest BCUT2D eigenvalue weighted by atomic mass is 9.85. The molecule has 1 aromatic carbocycles. The highest BCUT2D eigenvalue weighted by Gasteiger charge is 2.44. The maximum Gasteiger partial charge on any atom is 0.407 e. The van der Waals surface area contributed by atoms with E-state index in [1.807, 2.05) is 38.8 Å². The predicted molar refractivity (Wildman–Crippen MR) is 218 cm³/mol. The van der Waals surface area contributed by atoms with Crippen molar-refractivity contribution in [3.63, 3.8) is 0 Å². The number of H-pyrrole nitrogens is 1. The van der Waals surface area contributed by atoms with Crippen LogP contribution in [0.2, 0.25) is 0 Å². The monoisotopic (exact) mass is 789 g/mol. The van der Waals surface area contributed by atoms with Gasteiger partial charge < -0.3 is 29.6 Å². The van der Waals surface area contributed by atoms with E-state index in [4.69, 9.17) is 14.5 Å². The number of nitrogens with one attached hydrogen (secondary N) is 2. The molecule has 2 N–H and O–H groups in total. The Bertz CT molecular complexity index is 2150. The van der Waals surface area contributed by atoms with Gasteiger partial charge in [-0.15, -0.1) is 0 Å². The van der Waals surface area contributed by atoms with Crippen molar-refractivity contribution in [3.8, 4) is 23.7 Å². The van der Waals surface area contributed by atoms with Gasteiger partial charge in [-0.05, 0) is 86.6 Å². The van der Waals surface area contributed by atoms with Gasteiger partial charge in [0.1, 0.15) is 17.6 Å². The summed E-state index contributed by atoms with van der Waals surface area (Å²) in [5.41, 5.74) is 7.03. The van der Waals surface area contributed by atoms with Crippen LogP contribution in [0.25, 0.3) is 0 Å². The molecule has 3 amide bonds. The van der Waals surface area contributed by atoms with Gasteiger partial charge in [0, 0.05) is 60.2 Å². The third-order valence-electron chi connectivity index (χ3n) is 12.6. The van der Waals surface area contributed by atoms with Gasteiger partial charge >= 0.3 is 12.1 Å². The van der Waals surface area contributed by atoms with Crippen molar-refractivity contribution < 1.29 is 28.7 Å². The number of ether oxygens (including phenoxy) is 2. The van der Waals surface area contributed by atoms with Crippen LogP contribution in [0, 0.1) is 41.4 Å². The summed E-state index contributed by atoms with van der Waals surface area (Å²) in [7, 11) is 4.83. The van der Waals surface area contributed by atoms with E-state index >= 15 is 0 Å². The normalized spacial score (nSPS) is 23.1. The Balaban J connectivity index is 1.06. The number of aliphatic imine (C=N–C) groups is 1. The van der Waals surface area contributed by atoms with Gasteiger partial charge in [0.15, 0.2) is 0 Å². The molecule has 7 rings (SSSR count). The zero-order valence-electron chi connectivity index (χ0n) is 34.7. The van der Waals surface area contributed by atoms with Crippen LogP contribution in [-0.2, 0) is 23.9 Å². The van der Waals surface area contributed by atoms with Crippen molar-refractivity contribution in [2.75, 3.05) is 34.4 Å². The van der Waals surface area contributed by atoms with Crippen LogP contribution < -0.4 is 5.32 Å². The predicted octanol–water partition coefficient (Wildman–Crippen LogP) is 5.58. The van der Waals surface area contributed by atoms with Crippen molar-refractivity contribution in [1.29, 1.82) is 0 Å². The van der Waals surface area contributed by atoms with Crippen molar-refractivity contribution in [2.45, 2.75) is 109 Å². The largest absolute Gasteiger partial charge is 0.469 e. The Kier molecular flexibility index (Phi) is 12.1. The molecule has 58 heavy (non-hydrogen) atoms. The second-order valence-electron chi connectivity index (χ2n) is 16.8. The highest BCUT2D eigenvalue weighted by atomic mass is 16.5. The minimum atomic E-state index is -0.699. The first-order valence-electron chi connectivity index (χ1n) is 20.7. The highest BCUT2D eigenvalue weighted by Crippen LogP contribution is 2.54. The molecule has 0 aliphatic carbocycles. The third-order valence-corrected chi connectivity index (χ3v) is 12.6. The SMILES string of the molecule is COC(=O)C[C@H](C(=O)N1CCC[C@H]1C1=NC=C(C#Cc2ccc(C#Cc3cnc([C@H]4CCCN4C(=O)[C@@H](NC(=O)OC)C(C)C)[nH]3)c3c2C2CCC3N2C)C1)C(C)C. The van der Waals surface area contributed by atoms with Gasteiger partial charge in [-0.25, -0.2) is 9.78 Å². The Hall–Kier alpha value is -5.40. The Morgan fingerprint density at radius 3 is 2.09 bits per heavy atom. The van der Waals surface area contributed by atoms with E-state index < -0.39 is 18.1 Å². The van der Waals surface area contributed by atoms with Crippen molar-refractivity contribution in [3.05, 3.63) is 63.9 Å². The maximum absolute atomic E-state index is 13.7. The number of hydrogen-bond acceptors (Lipinski definition) is 9. The molecule has 3 saturated heterocycles. The van der Waals surface area contributed by atoms with Gasteiger partial charge in [0.25, 0.3) is 0 Å². The maximum atomic E-state index is 13.7. The average Bonchev–Trinajstić information content (AvgIpc) is 4.08. The average molecular weight is 790 g/mol. The van der Waals surface area contributed by atoms with Crippen LogP contribution in [-0.4, -0.2) is 101 Å². The van der Waals surface area contributed by atoms with Crippen molar-refractivity contribution >= 4 is 29.6 Å². The summed E-state index contributed by atoms with van der Waals surface area (Å²) >= 11 is 0. The first kappa shape index (κ1) is 40.8. The lowest BCUT2D eigenvalue weighted by Crippen LogP contribution is -2.51. The standard InChI is InChI=1S/C45H55N7O6/c1-26(2)32(23-38(53)57-6)43(54)51-20-8-10-34(51)33-22-28(24-46-33)12-13-29-14-15-30(40-36-19-18-35(39(29)40)50(36)5)16-17-31-25-47-42(48-31)37-11-9-21-52(37)44(55)41(27(3)4)49-45(56)58-7/h14-15,24-27,32,34-37,41H,8-11,18-23H2,1-7H3,(H,47,48)(H,49,56)/t32-,34-,35?,36?,37+,41-/m0/s1. The summed E-state index contributed by atoms with van der Waals surface area (Å²) in [6.07, 6.45) is 9.11. The van der Waals surface area contributed by atoms with Crippen LogP contribution in [0.15, 0.2) is 35.1 Å². The Morgan fingerprint density at radius 2 is 1.47 bits per heavy atom. The molecule has 0 radical (unpaired) electrons. The first-order chi connectivity index (χ1) is 27.9. The number of aromatic nitrogens is 2. The lowest BCUT2D eigenvalue weighted by molar-refractivity contribution is -0.148. The number of hydrogen-bond donors (Lipinski definition) is 2. The molecular weight excluding hydrogens is 735 g/mol. The second-order valence-corrected chi connectivity index (χ2v) is 16.8. The molecule has 1 aromatic heterocycles. The summed E-state index contributed by atoms with van der Waals surface area (Å²) in [4.78, 5) is 70.3. The van der Waals surface area contributed by atoms with E-state index in [0.717, 1.165) is 60.9 Å². The smallest absolute Gasteiger partial charge is 0.407 e. The molecular formula is C45H55N7O6. The van der Waals surface area contributed by atoms with E-state index in [1.54, 1.807) is 11.1 Å². The molecule has 306 valence electrons. The number of carbonyl (C=O) groups is 4. The molecule has 13 heteroatoms. The molecule has 0 spiro atoms. The quantitative estimate of drug-likeness (QED) is 0.247. The minimum absolute atomic E-state index is 0.00499. The summed E-state index contributed by atoms with van der Waals surface area (Å²) < 4.78 is 9.66. The fourth-order valence-electron chi connectivity index (χ4n) is 9.44. The summed E-state index contributed by atoms with van der Waals surface area (Å²) in [6, 6.07) is 3.68. The number of nitrogens with zero attached hydrogens (tertiary/aromatic N) is 5. The summed E-state index contributed by atoms with van der Waals surface area (Å²) in [5.74, 6) is 13.3. The van der Waals surface area contributed by atoms with E-state index in [2.05, 4.69) is 63.0 Å². The Morgan fingerprint density at radius 1 is 0.828 bits per heavy atom. The zero-order chi connectivity index (χ0) is 41.2. The molecule has 5 aliphatic rings. The number of benzene rings is 1. The number of amides is 3. The summed E-state index contributed by atoms with van der Waals surface area (Å²) in [5, 5.41) is 2.70. The molecule has 2 bridgehead atoms. The highest BCUT2D eigenvalue weighted by molar-refractivity contribution is 5.98. The van der Waals surface area contributed by atoms with E-state index in [9.17, 15) is 19.2 Å². The van der Waals surface area contributed by atoms with Gasteiger partial charge in [-0.2, -0.15) is 0 Å². The first-order valence-corrected chi connectivity index (χ1v) is 20.7. The molecule has 2 aromatic rings. The van der Waals surface area contributed by atoms with Crippen LogP contribution in [0.3, 0.4) is 0 Å². The number of aromatic amines is 1. The lowest BCUT2D eigenvalue weighted by Gasteiger charge is -2.30. The van der Waals surface area contributed by atoms with Gasteiger partial charge in [0.2, 0.25) is 11.8 Å². The third kappa shape index (κ3) is 8.02. The molecule has 5 aliphatic heterocycles. The van der Waals surface area contributed by atoms with Crippen LogP contribution in [0.5, 0.6) is 0 Å². The van der Waals surface area contributed by atoms with E-state index in [-0.39, 0.29) is 60.2 Å². The van der Waals surface area contributed by atoms with Gasteiger partial charge in [0.05, 0.1) is 44.8 Å². The van der Waals surface area contributed by atoms with Crippen LogP contribution >= 0.6 is 0 Å². The number of rotatable bonds is 9. The van der Waals surface area contributed by atoms with E-state index in [1.165, 1.54) is 25.3 Å². The number of likely N-dealkylation sites (tertiary alicyclic amines) is 2. The molecule has 0 saturated carbocycles. The van der Waals surface area contributed by atoms with Crippen LogP contribution in [0.4, 0.5) is 4.79 Å². The Labute approximate surface area is 341 Å². The number of alkyl carbamates (subject to hydrolysis) is 1. The number of methoxy groups -OCH3 is 2. The minimum Gasteiger partial charge on any atom is -0.469 e. The van der Waals surface area contributed by atoms with Gasteiger partial charge in [-0.3, -0.25) is 24.3 Å². The van der Waals surface area contributed by atoms with E-state index in [0.29, 0.717) is 31.0 Å². The van der Waals surface area contributed by atoms with Crippen molar-refractivity contribution in [1.82, 2.24) is 30.0 Å². The molecule has 2 unspecified atom stereocenters. The summed E-state index contributed by atoms with van der Waals surface area (Å²) in [6.45, 7) is 8.99. The number of carbonyl (C=O) groups excluding carboxylic acids is 4. The molecule has 6 atom stereocenters. The zero-order valence-corrected chi connectivity index (χ0v) is 34.7. The van der Waals surface area contributed by atoms with Gasteiger partial charge in [-0.1, -0.05) is 45.5 Å². The fraction of sp³-hybridized carbons (Fsp3) is 0.556. The molecule has 13 nitrogen and oxygen atoms in total. The number of allylic oxidation sites excluding steroid dienone is 1. The molecule has 3 fully saturated rings. The van der Waals surface area contributed by atoms with Crippen LogP contribution in [0.1, 0.15) is 131 Å².